The number of nitrogens with two attached hydrogens (primary N) is 1. The summed E-state index contributed by atoms with van der Waals surface area (Å²) in [5, 5.41) is 0. The van der Waals surface area contributed by atoms with E-state index in [1.807, 2.05) is 49.1 Å². The number of primary amides is 1. The highest BCUT2D eigenvalue weighted by Crippen LogP contribution is 2.46. The number of halogens is 1. The number of nitrogens with zero attached hydrogens (tertiary/aromatic N) is 1. The molecule has 4 nitrogen and oxygen atoms in total. The van der Waals surface area contributed by atoms with E-state index < -0.39 is 5.41 Å². The summed E-state index contributed by atoms with van der Waals surface area (Å²) in [6.07, 6.45) is 1.75. The fraction of sp³-hybridized carbons (Fsp3) is 0.417. The SMILES string of the molecule is C[C@@H](c1ccc(Br)cc1)N1CC[C@](CC(C)(C)C(N)=O)(c2ccccc2)CC1=O. The van der Waals surface area contributed by atoms with Gasteiger partial charge in [0.05, 0.1) is 6.04 Å². The molecule has 3 rings (SSSR count). The zero-order chi connectivity index (χ0) is 21.2. The number of amides is 2. The second-order valence-electron chi connectivity index (χ2n) is 8.81. The van der Waals surface area contributed by atoms with E-state index in [-0.39, 0.29) is 23.3 Å². The number of benzene rings is 2. The number of hydrogen-bond donors (Lipinski definition) is 1. The third-order valence-electron chi connectivity index (χ3n) is 6.29. The predicted octanol–water partition coefficient (Wildman–Crippen LogP) is 4.97. The number of piperidine rings is 1. The highest BCUT2D eigenvalue weighted by Gasteiger charge is 2.46. The van der Waals surface area contributed by atoms with Gasteiger partial charge in [-0.3, -0.25) is 9.59 Å². The summed E-state index contributed by atoms with van der Waals surface area (Å²) in [6.45, 7) is 6.48. The molecule has 2 aromatic rings. The average Bonchev–Trinajstić information content (AvgIpc) is 2.68. The first-order chi connectivity index (χ1) is 13.6. The number of rotatable bonds is 6. The molecule has 5 heteroatoms. The van der Waals surface area contributed by atoms with Crippen LogP contribution < -0.4 is 5.73 Å². The number of carbonyl (C=O) groups excluding carboxylic acids is 2. The van der Waals surface area contributed by atoms with Crippen LogP contribution in [-0.4, -0.2) is 23.3 Å². The fourth-order valence-corrected chi connectivity index (χ4v) is 4.76. The second-order valence-corrected chi connectivity index (χ2v) is 9.73. The van der Waals surface area contributed by atoms with Gasteiger partial charge in [0.15, 0.2) is 0 Å². The van der Waals surface area contributed by atoms with E-state index in [2.05, 4.69) is 47.1 Å². The lowest BCUT2D eigenvalue weighted by molar-refractivity contribution is -0.140. The molecule has 1 aliphatic heterocycles. The van der Waals surface area contributed by atoms with Gasteiger partial charge in [-0.2, -0.15) is 0 Å². The van der Waals surface area contributed by atoms with Crippen molar-refractivity contribution in [3.05, 3.63) is 70.2 Å². The summed E-state index contributed by atoms with van der Waals surface area (Å²) >= 11 is 3.46. The van der Waals surface area contributed by atoms with Crippen molar-refractivity contribution in [2.45, 2.75) is 51.5 Å². The van der Waals surface area contributed by atoms with Gasteiger partial charge in [0.2, 0.25) is 11.8 Å². The molecule has 1 saturated heterocycles. The van der Waals surface area contributed by atoms with Gasteiger partial charge in [0.1, 0.15) is 0 Å². The minimum atomic E-state index is -0.685. The summed E-state index contributed by atoms with van der Waals surface area (Å²) in [7, 11) is 0. The highest BCUT2D eigenvalue weighted by molar-refractivity contribution is 9.10. The van der Waals surface area contributed by atoms with Crippen LogP contribution in [0.15, 0.2) is 59.1 Å². The first-order valence-corrected chi connectivity index (χ1v) is 10.8. The lowest BCUT2D eigenvalue weighted by Gasteiger charge is -2.46. The molecule has 2 N–H and O–H groups in total. The minimum absolute atomic E-state index is 0.00789. The highest BCUT2D eigenvalue weighted by atomic mass is 79.9. The molecule has 0 saturated carbocycles. The van der Waals surface area contributed by atoms with Gasteiger partial charge in [-0.25, -0.2) is 0 Å². The third-order valence-corrected chi connectivity index (χ3v) is 6.82. The summed E-state index contributed by atoms with van der Waals surface area (Å²) in [5.41, 5.74) is 6.84. The van der Waals surface area contributed by atoms with Crippen LogP contribution in [0.2, 0.25) is 0 Å². The van der Waals surface area contributed by atoms with Gasteiger partial charge in [0.25, 0.3) is 0 Å². The lowest BCUT2D eigenvalue weighted by atomic mass is 9.63. The van der Waals surface area contributed by atoms with Crippen molar-refractivity contribution in [1.82, 2.24) is 4.90 Å². The maximum absolute atomic E-state index is 13.3. The van der Waals surface area contributed by atoms with Crippen molar-refractivity contribution in [2.24, 2.45) is 11.1 Å². The lowest BCUT2D eigenvalue weighted by Crippen LogP contribution is -2.50. The van der Waals surface area contributed by atoms with Crippen LogP contribution >= 0.6 is 15.9 Å². The van der Waals surface area contributed by atoms with E-state index in [1.54, 1.807) is 0 Å². The molecule has 1 heterocycles. The molecular formula is C24H29BrN2O2. The zero-order valence-corrected chi connectivity index (χ0v) is 18.9. The Labute approximate surface area is 181 Å². The zero-order valence-electron chi connectivity index (χ0n) is 17.3. The summed E-state index contributed by atoms with van der Waals surface area (Å²) in [4.78, 5) is 27.3. The minimum Gasteiger partial charge on any atom is -0.369 e. The van der Waals surface area contributed by atoms with Crippen molar-refractivity contribution in [3.8, 4) is 0 Å². The molecule has 0 bridgehead atoms. The smallest absolute Gasteiger partial charge is 0.223 e. The summed E-state index contributed by atoms with van der Waals surface area (Å²) in [5.74, 6) is -0.207. The molecule has 0 aliphatic carbocycles. The predicted molar refractivity (Wildman–Crippen MR) is 119 cm³/mol. The topological polar surface area (TPSA) is 63.4 Å². The van der Waals surface area contributed by atoms with E-state index in [0.29, 0.717) is 19.4 Å². The standard InChI is InChI=1S/C24H29BrN2O2/c1-17(18-9-11-20(25)12-10-18)27-14-13-24(15-21(27)28,16-23(2,3)22(26)29)19-7-5-4-6-8-19/h4-12,17H,13-16H2,1-3H3,(H2,26,29)/t17-,24-/m0/s1. The molecule has 2 amide bonds. The summed E-state index contributed by atoms with van der Waals surface area (Å²) < 4.78 is 1.02. The van der Waals surface area contributed by atoms with Crippen LogP contribution in [0.4, 0.5) is 0 Å². The Bertz CT molecular complexity index is 880. The molecule has 0 aromatic heterocycles. The van der Waals surface area contributed by atoms with Crippen molar-refractivity contribution in [1.29, 1.82) is 0 Å². The average molecular weight is 457 g/mol. The van der Waals surface area contributed by atoms with Crippen LogP contribution in [0, 0.1) is 5.41 Å². The van der Waals surface area contributed by atoms with Gasteiger partial charge >= 0.3 is 0 Å². The molecular weight excluding hydrogens is 428 g/mol. The molecule has 0 spiro atoms. The Morgan fingerprint density at radius 2 is 1.79 bits per heavy atom. The van der Waals surface area contributed by atoms with Crippen LogP contribution in [0.1, 0.15) is 57.2 Å². The first-order valence-electron chi connectivity index (χ1n) is 10.0. The Hall–Kier alpha value is -2.14. The van der Waals surface area contributed by atoms with Gasteiger partial charge < -0.3 is 10.6 Å². The monoisotopic (exact) mass is 456 g/mol. The quantitative estimate of drug-likeness (QED) is 0.666. The molecule has 2 aromatic carbocycles. The number of hydrogen-bond acceptors (Lipinski definition) is 2. The Morgan fingerprint density at radius 3 is 2.34 bits per heavy atom. The maximum Gasteiger partial charge on any atom is 0.223 e. The fourth-order valence-electron chi connectivity index (χ4n) is 4.49. The van der Waals surface area contributed by atoms with E-state index >= 15 is 0 Å². The largest absolute Gasteiger partial charge is 0.369 e. The van der Waals surface area contributed by atoms with Crippen molar-refractivity contribution >= 4 is 27.7 Å². The van der Waals surface area contributed by atoms with Crippen molar-refractivity contribution in [3.63, 3.8) is 0 Å². The molecule has 0 radical (unpaired) electrons. The third kappa shape index (κ3) is 4.55. The van der Waals surface area contributed by atoms with Crippen LogP contribution in [0.25, 0.3) is 0 Å². The molecule has 2 atom stereocenters. The van der Waals surface area contributed by atoms with E-state index in [1.165, 1.54) is 0 Å². The first kappa shape index (κ1) is 21.6. The van der Waals surface area contributed by atoms with E-state index in [0.717, 1.165) is 22.0 Å². The van der Waals surface area contributed by atoms with E-state index in [9.17, 15) is 9.59 Å². The number of carbonyl (C=O) groups is 2. The Balaban J connectivity index is 1.89. The molecule has 0 unspecified atom stereocenters. The molecule has 29 heavy (non-hydrogen) atoms. The van der Waals surface area contributed by atoms with Gasteiger partial charge in [-0.05, 0) is 43.0 Å². The maximum atomic E-state index is 13.3. The second kappa shape index (κ2) is 8.31. The van der Waals surface area contributed by atoms with Crippen LogP contribution in [-0.2, 0) is 15.0 Å². The molecule has 1 aliphatic rings. The van der Waals surface area contributed by atoms with E-state index in [4.69, 9.17) is 5.73 Å². The van der Waals surface area contributed by atoms with Gasteiger partial charge in [-0.15, -0.1) is 0 Å². The molecule has 154 valence electrons. The number of likely N-dealkylation sites (tertiary alicyclic amines) is 1. The van der Waals surface area contributed by atoms with Crippen LogP contribution in [0.3, 0.4) is 0 Å². The van der Waals surface area contributed by atoms with Crippen molar-refractivity contribution in [2.75, 3.05) is 6.54 Å². The normalized spacial score (nSPS) is 21.1. The van der Waals surface area contributed by atoms with Crippen LogP contribution in [0.5, 0.6) is 0 Å². The Morgan fingerprint density at radius 1 is 1.17 bits per heavy atom. The Kier molecular flexibility index (Phi) is 6.18. The molecule has 1 fully saturated rings. The van der Waals surface area contributed by atoms with Crippen molar-refractivity contribution < 1.29 is 9.59 Å². The van der Waals surface area contributed by atoms with Gasteiger partial charge in [0, 0.05) is 28.3 Å². The van der Waals surface area contributed by atoms with Gasteiger partial charge in [-0.1, -0.05) is 72.2 Å². The summed E-state index contributed by atoms with van der Waals surface area (Å²) in [6, 6.07) is 18.2.